The van der Waals surface area contributed by atoms with Crippen LogP contribution in [-0.4, -0.2) is 29.4 Å². The van der Waals surface area contributed by atoms with E-state index in [0.717, 1.165) is 0 Å². The summed E-state index contributed by atoms with van der Waals surface area (Å²) in [5.41, 5.74) is -0.0369. The number of hydrogen-bond acceptors (Lipinski definition) is 5. The third-order valence-electron chi connectivity index (χ3n) is 2.66. The summed E-state index contributed by atoms with van der Waals surface area (Å²) in [6, 6.07) is 4.25. The van der Waals surface area contributed by atoms with E-state index in [2.05, 4.69) is 5.32 Å². The number of nitrogens with one attached hydrogen (secondary N) is 1. The Bertz CT molecular complexity index is 617. The molecule has 0 saturated heterocycles. The van der Waals surface area contributed by atoms with Gasteiger partial charge in [-0.3, -0.25) is 14.9 Å². The number of carbonyl (C=O) groups is 2. The third kappa shape index (κ3) is 6.73. The predicted molar refractivity (Wildman–Crippen MR) is 86.4 cm³/mol. The summed E-state index contributed by atoms with van der Waals surface area (Å²) < 4.78 is 5.08. The van der Waals surface area contributed by atoms with Gasteiger partial charge in [0.05, 0.1) is 10.5 Å². The Morgan fingerprint density at radius 1 is 1.39 bits per heavy atom. The molecular formula is C16H20N2O5. The van der Waals surface area contributed by atoms with Crippen LogP contribution in [0.1, 0.15) is 43.1 Å². The van der Waals surface area contributed by atoms with E-state index in [1.165, 1.54) is 18.2 Å². The van der Waals surface area contributed by atoms with E-state index in [-0.39, 0.29) is 11.3 Å². The Morgan fingerprint density at radius 2 is 2.09 bits per heavy atom. The fourth-order valence-electron chi connectivity index (χ4n) is 1.72. The van der Waals surface area contributed by atoms with Gasteiger partial charge in [0.1, 0.15) is 11.9 Å². The Balaban J connectivity index is 2.57. The van der Waals surface area contributed by atoms with Crippen LogP contribution in [-0.2, 0) is 4.74 Å². The second-order valence-electron chi connectivity index (χ2n) is 5.81. The zero-order valence-electron chi connectivity index (χ0n) is 13.4. The highest BCUT2D eigenvalue weighted by atomic mass is 16.6. The highest BCUT2D eigenvalue weighted by Gasteiger charge is 2.15. The molecule has 0 spiro atoms. The second kappa shape index (κ2) is 8.07. The van der Waals surface area contributed by atoms with Crippen molar-refractivity contribution < 1.29 is 19.2 Å². The van der Waals surface area contributed by atoms with Crippen molar-refractivity contribution in [1.82, 2.24) is 5.32 Å². The molecule has 0 bridgehead atoms. The van der Waals surface area contributed by atoms with Gasteiger partial charge in [-0.25, -0.2) is 4.79 Å². The molecule has 0 heterocycles. The number of ether oxygens (including phenoxy) is 1. The smallest absolute Gasteiger partial charge is 0.407 e. The fraction of sp³-hybridized carbons (Fsp3) is 0.375. The van der Waals surface area contributed by atoms with Gasteiger partial charge >= 0.3 is 6.09 Å². The number of nitro groups is 1. The van der Waals surface area contributed by atoms with Crippen LogP contribution in [0.2, 0.25) is 0 Å². The van der Waals surface area contributed by atoms with Gasteiger partial charge in [-0.05, 0) is 33.3 Å². The Morgan fingerprint density at radius 3 is 2.65 bits per heavy atom. The van der Waals surface area contributed by atoms with Gasteiger partial charge < -0.3 is 10.1 Å². The molecule has 0 unspecified atom stereocenters. The van der Waals surface area contributed by atoms with Crippen LogP contribution in [0, 0.1) is 10.1 Å². The maximum Gasteiger partial charge on any atom is 0.407 e. The second-order valence-corrected chi connectivity index (χ2v) is 5.81. The van der Waals surface area contributed by atoms with E-state index in [9.17, 15) is 19.7 Å². The molecule has 0 aliphatic carbocycles. The highest BCUT2D eigenvalue weighted by Crippen LogP contribution is 2.21. The van der Waals surface area contributed by atoms with Crippen molar-refractivity contribution in [1.29, 1.82) is 0 Å². The minimum Gasteiger partial charge on any atom is -0.444 e. The van der Waals surface area contributed by atoms with Crippen molar-refractivity contribution in [2.45, 2.75) is 32.8 Å². The standard InChI is InChI=1S/C16H20N2O5/c1-16(2,3)23-15(20)17-9-5-4-6-13-8-7-12(11-19)10-14(13)18(21)22/h4,6-8,10-11H,5,9H2,1-3H3,(H,17,20). The Labute approximate surface area is 134 Å². The van der Waals surface area contributed by atoms with Gasteiger partial charge in [-0.2, -0.15) is 0 Å². The molecule has 1 rings (SSSR count). The van der Waals surface area contributed by atoms with Gasteiger partial charge in [0.25, 0.3) is 5.69 Å². The van der Waals surface area contributed by atoms with Crippen LogP contribution in [0.5, 0.6) is 0 Å². The van der Waals surface area contributed by atoms with Crippen molar-refractivity contribution in [2.75, 3.05) is 6.54 Å². The summed E-state index contributed by atoms with van der Waals surface area (Å²) in [7, 11) is 0. The lowest BCUT2D eigenvalue weighted by Crippen LogP contribution is -2.32. The molecule has 0 radical (unpaired) electrons. The first-order chi connectivity index (χ1) is 10.7. The third-order valence-corrected chi connectivity index (χ3v) is 2.66. The molecule has 0 aromatic heterocycles. The maximum absolute atomic E-state index is 11.4. The summed E-state index contributed by atoms with van der Waals surface area (Å²) >= 11 is 0. The molecule has 124 valence electrons. The molecule has 1 aromatic carbocycles. The molecule has 0 fully saturated rings. The lowest BCUT2D eigenvalue weighted by molar-refractivity contribution is -0.385. The van der Waals surface area contributed by atoms with Crippen molar-refractivity contribution in [3.05, 3.63) is 45.5 Å². The highest BCUT2D eigenvalue weighted by molar-refractivity contribution is 5.78. The molecule has 1 amide bonds. The quantitative estimate of drug-likeness (QED) is 0.375. The van der Waals surface area contributed by atoms with Crippen LogP contribution >= 0.6 is 0 Å². The van der Waals surface area contributed by atoms with Crippen molar-refractivity contribution in [3.63, 3.8) is 0 Å². The van der Waals surface area contributed by atoms with Crippen molar-refractivity contribution in [3.8, 4) is 0 Å². The molecule has 1 N–H and O–H groups in total. The van der Waals surface area contributed by atoms with Crippen molar-refractivity contribution in [2.24, 2.45) is 0 Å². The van der Waals surface area contributed by atoms with Gasteiger partial charge in [-0.1, -0.05) is 18.2 Å². The van der Waals surface area contributed by atoms with Crippen LogP contribution in [0.4, 0.5) is 10.5 Å². The maximum atomic E-state index is 11.4. The fourth-order valence-corrected chi connectivity index (χ4v) is 1.72. The van der Waals surface area contributed by atoms with E-state index in [1.807, 2.05) is 0 Å². The molecule has 0 atom stereocenters. The minimum absolute atomic E-state index is 0.133. The average molecular weight is 320 g/mol. The first kappa shape index (κ1) is 18.3. The summed E-state index contributed by atoms with van der Waals surface area (Å²) in [5.74, 6) is 0. The molecule has 0 aliphatic heterocycles. The largest absolute Gasteiger partial charge is 0.444 e. The van der Waals surface area contributed by atoms with Gasteiger partial charge in [0, 0.05) is 18.2 Å². The summed E-state index contributed by atoms with van der Waals surface area (Å²) in [5, 5.41) is 13.6. The number of nitrogens with zero attached hydrogens (tertiary/aromatic N) is 1. The average Bonchev–Trinajstić information content (AvgIpc) is 2.45. The lowest BCUT2D eigenvalue weighted by atomic mass is 10.1. The monoisotopic (exact) mass is 320 g/mol. The van der Waals surface area contributed by atoms with E-state index < -0.39 is 16.6 Å². The molecule has 0 aliphatic rings. The van der Waals surface area contributed by atoms with Crippen LogP contribution in [0.3, 0.4) is 0 Å². The molecular weight excluding hydrogens is 300 g/mol. The Kier molecular flexibility index (Phi) is 6.44. The zero-order valence-corrected chi connectivity index (χ0v) is 13.4. The van der Waals surface area contributed by atoms with Gasteiger partial charge in [0.15, 0.2) is 0 Å². The lowest BCUT2D eigenvalue weighted by Gasteiger charge is -2.19. The number of hydrogen-bond donors (Lipinski definition) is 1. The van der Waals surface area contributed by atoms with E-state index in [0.29, 0.717) is 24.8 Å². The number of rotatable bonds is 6. The molecule has 23 heavy (non-hydrogen) atoms. The number of amides is 1. The van der Waals surface area contributed by atoms with E-state index >= 15 is 0 Å². The molecule has 1 aromatic rings. The summed E-state index contributed by atoms with van der Waals surface area (Å²) in [6.07, 6.45) is 3.84. The van der Waals surface area contributed by atoms with Crippen LogP contribution in [0.25, 0.3) is 6.08 Å². The number of benzene rings is 1. The number of carbonyl (C=O) groups excluding carboxylic acids is 2. The first-order valence-electron chi connectivity index (χ1n) is 7.10. The van der Waals surface area contributed by atoms with E-state index in [4.69, 9.17) is 4.74 Å². The number of nitro benzene ring substituents is 1. The van der Waals surface area contributed by atoms with Crippen LogP contribution < -0.4 is 5.32 Å². The Hall–Kier alpha value is -2.70. The minimum atomic E-state index is -0.555. The topological polar surface area (TPSA) is 98.5 Å². The van der Waals surface area contributed by atoms with E-state index in [1.54, 1.807) is 32.9 Å². The summed E-state index contributed by atoms with van der Waals surface area (Å²) in [4.78, 5) is 32.5. The molecule has 7 heteroatoms. The normalized spacial score (nSPS) is 11.3. The SMILES string of the molecule is CC(C)(C)OC(=O)NCCC=Cc1ccc(C=O)cc1[N+](=O)[O-]. The van der Waals surface area contributed by atoms with Crippen molar-refractivity contribution >= 4 is 24.1 Å². The number of alkyl carbamates (subject to hydrolysis) is 1. The first-order valence-corrected chi connectivity index (χ1v) is 7.10. The predicted octanol–water partition coefficient (Wildman–Crippen LogP) is 3.34. The van der Waals surface area contributed by atoms with Gasteiger partial charge in [0.2, 0.25) is 0 Å². The zero-order chi connectivity index (χ0) is 17.5. The number of aldehydes is 1. The molecule has 0 saturated carbocycles. The molecule has 7 nitrogen and oxygen atoms in total. The van der Waals surface area contributed by atoms with Crippen LogP contribution in [0.15, 0.2) is 24.3 Å². The summed E-state index contributed by atoms with van der Waals surface area (Å²) in [6.45, 7) is 5.67. The van der Waals surface area contributed by atoms with Gasteiger partial charge in [-0.15, -0.1) is 0 Å².